The highest BCUT2D eigenvalue weighted by Gasteiger charge is 2.25. The molecular weight excluding hydrogens is 302 g/mol. The molecule has 0 aliphatic rings. The van der Waals surface area contributed by atoms with Crippen molar-refractivity contribution in [3.8, 4) is 0 Å². The molecule has 2 amide bonds. The van der Waals surface area contributed by atoms with Crippen molar-refractivity contribution in [2.75, 3.05) is 6.54 Å². The van der Waals surface area contributed by atoms with Gasteiger partial charge in [-0.1, -0.05) is 6.92 Å². The first kappa shape index (κ1) is 16.4. The van der Waals surface area contributed by atoms with Crippen LogP contribution in [-0.4, -0.2) is 32.4 Å². The molecule has 7 nitrogen and oxygen atoms in total. The summed E-state index contributed by atoms with van der Waals surface area (Å²) < 4.78 is 1.61. The van der Waals surface area contributed by atoms with Crippen LogP contribution in [0.2, 0.25) is 0 Å². The Labute approximate surface area is 133 Å². The fraction of sp³-hybridized carbons (Fsp3) is 0.500. The summed E-state index contributed by atoms with van der Waals surface area (Å²) in [6, 6.07) is -0.338. The molecule has 1 unspecified atom stereocenters. The second-order valence-electron chi connectivity index (χ2n) is 5.30. The van der Waals surface area contributed by atoms with Crippen molar-refractivity contribution < 1.29 is 9.90 Å². The summed E-state index contributed by atoms with van der Waals surface area (Å²) in [6.45, 7) is 4.15. The minimum absolute atomic E-state index is 0.0990. The molecule has 8 heteroatoms. The van der Waals surface area contributed by atoms with E-state index in [0.29, 0.717) is 12.1 Å². The molecule has 0 aromatic carbocycles. The first-order chi connectivity index (χ1) is 10.4. The van der Waals surface area contributed by atoms with Crippen molar-refractivity contribution in [2.24, 2.45) is 7.05 Å². The maximum Gasteiger partial charge on any atom is 0.315 e. The maximum atomic E-state index is 11.8. The molecule has 120 valence electrons. The predicted molar refractivity (Wildman–Crippen MR) is 84.5 cm³/mol. The molecule has 1 atom stereocenters. The van der Waals surface area contributed by atoms with Crippen LogP contribution in [0.1, 0.15) is 30.1 Å². The number of hydrogen-bond acceptors (Lipinski definition) is 5. The molecular formula is C14H21N5O2S. The normalized spacial score (nSPS) is 13.6. The number of nitrogens with one attached hydrogen (secondary N) is 2. The van der Waals surface area contributed by atoms with E-state index in [9.17, 15) is 9.90 Å². The molecule has 2 aromatic heterocycles. The number of urea groups is 1. The second-order valence-corrected chi connectivity index (χ2v) is 6.24. The minimum Gasteiger partial charge on any atom is -0.383 e. The molecule has 0 aliphatic carbocycles. The third-order valence-electron chi connectivity index (χ3n) is 3.25. The molecule has 0 bridgehead atoms. The number of amides is 2. The van der Waals surface area contributed by atoms with Crippen LogP contribution in [-0.2, 0) is 25.6 Å². The Morgan fingerprint density at radius 2 is 2.27 bits per heavy atom. The van der Waals surface area contributed by atoms with E-state index >= 15 is 0 Å². The van der Waals surface area contributed by atoms with Crippen molar-refractivity contribution in [3.05, 3.63) is 34.0 Å². The fourth-order valence-corrected chi connectivity index (χ4v) is 2.62. The summed E-state index contributed by atoms with van der Waals surface area (Å²) in [5.41, 5.74) is 0.333. The lowest BCUT2D eigenvalue weighted by molar-refractivity contribution is 0.0593. The van der Waals surface area contributed by atoms with E-state index in [4.69, 9.17) is 0 Å². The zero-order valence-electron chi connectivity index (χ0n) is 13.0. The Morgan fingerprint density at radius 3 is 2.86 bits per heavy atom. The van der Waals surface area contributed by atoms with Gasteiger partial charge in [0.15, 0.2) is 0 Å². The largest absolute Gasteiger partial charge is 0.383 e. The van der Waals surface area contributed by atoms with Crippen LogP contribution in [0.3, 0.4) is 0 Å². The molecule has 0 radical (unpaired) electrons. The van der Waals surface area contributed by atoms with E-state index < -0.39 is 5.60 Å². The molecule has 0 saturated heterocycles. The van der Waals surface area contributed by atoms with Gasteiger partial charge in [-0.05, 0) is 13.3 Å². The average molecular weight is 323 g/mol. The number of aryl methyl sites for hydroxylation is 2. The van der Waals surface area contributed by atoms with Crippen molar-refractivity contribution >= 4 is 17.4 Å². The number of carbonyl (C=O) groups excluding carboxylic acids is 1. The lowest BCUT2D eigenvalue weighted by Crippen LogP contribution is -2.43. The van der Waals surface area contributed by atoms with Gasteiger partial charge in [-0.2, -0.15) is 5.10 Å². The summed E-state index contributed by atoms with van der Waals surface area (Å²) >= 11 is 1.59. The molecule has 22 heavy (non-hydrogen) atoms. The number of thiazole rings is 1. The van der Waals surface area contributed by atoms with E-state index in [1.165, 1.54) is 0 Å². The number of carbonyl (C=O) groups is 1. The molecule has 3 N–H and O–H groups in total. The van der Waals surface area contributed by atoms with Crippen LogP contribution in [0.5, 0.6) is 0 Å². The third kappa shape index (κ3) is 4.28. The van der Waals surface area contributed by atoms with Crippen molar-refractivity contribution in [1.29, 1.82) is 0 Å². The number of nitrogens with zero attached hydrogens (tertiary/aromatic N) is 3. The summed E-state index contributed by atoms with van der Waals surface area (Å²) in [4.78, 5) is 16.2. The molecule has 2 rings (SSSR count). The summed E-state index contributed by atoms with van der Waals surface area (Å²) in [6.07, 6.45) is 4.20. The molecule has 0 fully saturated rings. The van der Waals surface area contributed by atoms with Crippen LogP contribution >= 0.6 is 11.3 Å². The standard InChI is InChI=1S/C14H21N5O2S/c1-4-12-18-11(8-22-12)6-15-13(20)16-9-14(2,21)10-5-17-19(3)7-10/h5,7-8,21H,4,6,9H2,1-3H3,(H2,15,16,20). The highest BCUT2D eigenvalue weighted by Crippen LogP contribution is 2.18. The number of aliphatic hydroxyl groups is 1. The second kappa shape index (κ2) is 6.89. The van der Waals surface area contributed by atoms with Gasteiger partial charge in [0, 0.05) is 24.2 Å². The van der Waals surface area contributed by atoms with Gasteiger partial charge in [0.2, 0.25) is 0 Å². The molecule has 0 saturated carbocycles. The van der Waals surface area contributed by atoms with Crippen LogP contribution in [0, 0.1) is 0 Å². The summed E-state index contributed by atoms with van der Waals surface area (Å²) in [7, 11) is 1.78. The SMILES string of the molecule is CCc1nc(CNC(=O)NCC(C)(O)c2cnn(C)c2)cs1. The van der Waals surface area contributed by atoms with Gasteiger partial charge in [0.1, 0.15) is 5.60 Å². The number of hydrogen-bond donors (Lipinski definition) is 3. The zero-order chi connectivity index (χ0) is 16.2. The van der Waals surface area contributed by atoms with Crippen molar-refractivity contribution in [3.63, 3.8) is 0 Å². The number of rotatable bonds is 6. The Hall–Kier alpha value is -1.93. The van der Waals surface area contributed by atoms with Crippen LogP contribution < -0.4 is 10.6 Å². The highest BCUT2D eigenvalue weighted by atomic mass is 32.1. The Bertz CT molecular complexity index is 635. The minimum atomic E-state index is -1.17. The summed E-state index contributed by atoms with van der Waals surface area (Å²) in [5, 5.41) is 22.8. The number of aromatic nitrogens is 3. The van der Waals surface area contributed by atoms with Gasteiger partial charge in [0.25, 0.3) is 0 Å². The monoisotopic (exact) mass is 323 g/mol. The van der Waals surface area contributed by atoms with E-state index in [1.807, 2.05) is 12.3 Å². The lowest BCUT2D eigenvalue weighted by Gasteiger charge is -2.22. The summed E-state index contributed by atoms with van der Waals surface area (Å²) in [5.74, 6) is 0. The third-order valence-corrected chi connectivity index (χ3v) is 4.29. The van der Waals surface area contributed by atoms with Gasteiger partial charge in [0.05, 0.1) is 30.0 Å². The topological polar surface area (TPSA) is 92.1 Å². The van der Waals surface area contributed by atoms with Crippen LogP contribution in [0.25, 0.3) is 0 Å². The maximum absolute atomic E-state index is 11.8. The van der Waals surface area contributed by atoms with E-state index in [0.717, 1.165) is 17.1 Å². The van der Waals surface area contributed by atoms with E-state index in [-0.39, 0.29) is 12.6 Å². The van der Waals surface area contributed by atoms with Crippen molar-refractivity contribution in [1.82, 2.24) is 25.4 Å². The quantitative estimate of drug-likeness (QED) is 0.743. The fourth-order valence-electron chi connectivity index (χ4n) is 1.88. The average Bonchev–Trinajstić information content (AvgIpc) is 3.12. The zero-order valence-corrected chi connectivity index (χ0v) is 13.8. The Kier molecular flexibility index (Phi) is 5.15. The van der Waals surface area contributed by atoms with Gasteiger partial charge in [-0.15, -0.1) is 11.3 Å². The smallest absolute Gasteiger partial charge is 0.315 e. The predicted octanol–water partition coefficient (Wildman–Crippen LogP) is 1.15. The first-order valence-electron chi connectivity index (χ1n) is 7.07. The lowest BCUT2D eigenvalue weighted by atomic mass is 10.00. The van der Waals surface area contributed by atoms with Gasteiger partial charge in [-0.25, -0.2) is 9.78 Å². The van der Waals surface area contributed by atoms with Gasteiger partial charge in [-0.3, -0.25) is 4.68 Å². The van der Waals surface area contributed by atoms with Crippen LogP contribution in [0.15, 0.2) is 17.8 Å². The van der Waals surface area contributed by atoms with Crippen LogP contribution in [0.4, 0.5) is 4.79 Å². The highest BCUT2D eigenvalue weighted by molar-refractivity contribution is 7.09. The van der Waals surface area contributed by atoms with E-state index in [1.54, 1.807) is 42.4 Å². The van der Waals surface area contributed by atoms with Crippen molar-refractivity contribution in [2.45, 2.75) is 32.4 Å². The van der Waals surface area contributed by atoms with Gasteiger partial charge < -0.3 is 15.7 Å². The van der Waals surface area contributed by atoms with E-state index in [2.05, 4.69) is 20.7 Å². The first-order valence-corrected chi connectivity index (χ1v) is 7.95. The molecule has 2 aromatic rings. The molecule has 2 heterocycles. The Morgan fingerprint density at radius 1 is 1.50 bits per heavy atom. The molecule has 0 aliphatic heterocycles. The molecule has 0 spiro atoms. The van der Waals surface area contributed by atoms with Gasteiger partial charge >= 0.3 is 6.03 Å². The Balaban J connectivity index is 1.79.